The maximum Gasteiger partial charge on any atom is 0.433 e. The third-order valence-corrected chi connectivity index (χ3v) is 2.19. The van der Waals surface area contributed by atoms with E-state index in [1.165, 1.54) is 0 Å². The van der Waals surface area contributed by atoms with Crippen molar-refractivity contribution in [3.05, 3.63) is 40.0 Å². The van der Waals surface area contributed by atoms with Crippen molar-refractivity contribution in [3.63, 3.8) is 0 Å². The minimum atomic E-state index is -4.78. The van der Waals surface area contributed by atoms with Gasteiger partial charge in [0, 0.05) is 0 Å². The molecular weight excluding hydrogens is 272 g/mol. The Kier molecular flexibility index (Phi) is 2.92. The lowest BCUT2D eigenvalue weighted by Gasteiger charge is -2.07. The maximum atomic E-state index is 13.5. The molecule has 6 nitrogen and oxygen atoms in total. The molecule has 0 aliphatic rings. The Bertz CT molecular complexity index is 637. The zero-order valence-electron chi connectivity index (χ0n) is 8.90. The SMILES string of the molecule is O=[N+]([O-])c1cn[nH]c1-c1nc(C(F)(F)F)ccc1F. The quantitative estimate of drug-likeness (QED) is 0.519. The molecule has 2 aromatic heterocycles. The lowest BCUT2D eigenvalue weighted by molar-refractivity contribution is -0.384. The second-order valence-electron chi connectivity index (χ2n) is 3.41. The average Bonchev–Trinajstić information content (AvgIpc) is 2.76. The molecule has 0 saturated carbocycles. The van der Waals surface area contributed by atoms with Crippen molar-refractivity contribution in [2.24, 2.45) is 0 Å². The van der Waals surface area contributed by atoms with E-state index < -0.39 is 39.7 Å². The smallest absolute Gasteiger partial charge is 0.270 e. The van der Waals surface area contributed by atoms with E-state index in [9.17, 15) is 27.7 Å². The van der Waals surface area contributed by atoms with Crippen LogP contribution < -0.4 is 0 Å². The number of aromatic amines is 1. The summed E-state index contributed by atoms with van der Waals surface area (Å²) in [5, 5.41) is 16.0. The first-order chi connectivity index (χ1) is 8.80. The fourth-order valence-electron chi connectivity index (χ4n) is 1.37. The number of nitrogens with one attached hydrogen (secondary N) is 1. The second-order valence-corrected chi connectivity index (χ2v) is 3.41. The van der Waals surface area contributed by atoms with Crippen molar-refractivity contribution >= 4 is 5.69 Å². The van der Waals surface area contributed by atoms with E-state index in [1.54, 1.807) is 0 Å². The van der Waals surface area contributed by atoms with Crippen molar-refractivity contribution in [2.75, 3.05) is 0 Å². The molecule has 0 spiro atoms. The van der Waals surface area contributed by atoms with Crippen LogP contribution in [0.4, 0.5) is 23.2 Å². The van der Waals surface area contributed by atoms with Gasteiger partial charge in [-0.3, -0.25) is 15.2 Å². The third-order valence-electron chi connectivity index (χ3n) is 2.19. The average molecular weight is 276 g/mol. The van der Waals surface area contributed by atoms with Crippen molar-refractivity contribution < 1.29 is 22.5 Å². The molecule has 0 fully saturated rings. The molecule has 10 heteroatoms. The van der Waals surface area contributed by atoms with E-state index in [0.717, 1.165) is 6.20 Å². The molecule has 0 atom stereocenters. The molecule has 100 valence electrons. The van der Waals surface area contributed by atoms with E-state index >= 15 is 0 Å². The van der Waals surface area contributed by atoms with Crippen molar-refractivity contribution in [2.45, 2.75) is 6.18 Å². The summed E-state index contributed by atoms with van der Waals surface area (Å²) in [6, 6.07) is 0.983. The summed E-state index contributed by atoms with van der Waals surface area (Å²) in [5.74, 6) is -1.12. The van der Waals surface area contributed by atoms with E-state index in [-0.39, 0.29) is 0 Å². The summed E-state index contributed by atoms with van der Waals surface area (Å²) in [5.41, 5.74) is -3.34. The Hall–Kier alpha value is -2.52. The highest BCUT2D eigenvalue weighted by atomic mass is 19.4. The first kappa shape index (κ1) is 12.9. The Morgan fingerprint density at radius 2 is 2.00 bits per heavy atom. The molecule has 0 unspecified atom stereocenters. The van der Waals surface area contributed by atoms with Gasteiger partial charge in [0.15, 0.2) is 11.5 Å². The summed E-state index contributed by atoms with van der Waals surface area (Å²) >= 11 is 0. The van der Waals surface area contributed by atoms with Gasteiger partial charge in [0.05, 0.1) is 4.92 Å². The minimum Gasteiger partial charge on any atom is -0.270 e. The Morgan fingerprint density at radius 3 is 2.58 bits per heavy atom. The predicted octanol–water partition coefficient (Wildman–Crippen LogP) is 2.54. The fraction of sp³-hybridized carbons (Fsp3) is 0.111. The largest absolute Gasteiger partial charge is 0.433 e. The molecule has 19 heavy (non-hydrogen) atoms. The normalized spacial score (nSPS) is 11.6. The van der Waals surface area contributed by atoms with Gasteiger partial charge in [0.1, 0.15) is 17.6 Å². The number of H-pyrrole nitrogens is 1. The van der Waals surface area contributed by atoms with Crippen LogP contribution in [0.15, 0.2) is 18.3 Å². The molecule has 2 heterocycles. The lowest BCUT2D eigenvalue weighted by Crippen LogP contribution is -2.09. The Balaban J connectivity index is 2.62. The molecule has 0 bridgehead atoms. The first-order valence-electron chi connectivity index (χ1n) is 4.72. The van der Waals surface area contributed by atoms with Gasteiger partial charge >= 0.3 is 11.9 Å². The number of pyridine rings is 1. The van der Waals surface area contributed by atoms with Gasteiger partial charge in [-0.1, -0.05) is 0 Å². The van der Waals surface area contributed by atoms with Crippen molar-refractivity contribution in [1.29, 1.82) is 0 Å². The van der Waals surface area contributed by atoms with Crippen LogP contribution >= 0.6 is 0 Å². The zero-order chi connectivity index (χ0) is 14.2. The first-order valence-corrected chi connectivity index (χ1v) is 4.72. The van der Waals surface area contributed by atoms with Crippen LogP contribution in [0.2, 0.25) is 0 Å². The third kappa shape index (κ3) is 2.37. The minimum absolute atomic E-state index is 0.445. The molecule has 0 saturated heterocycles. The Morgan fingerprint density at radius 1 is 1.32 bits per heavy atom. The number of nitro groups is 1. The molecular formula is C9H4F4N4O2. The van der Waals surface area contributed by atoms with E-state index in [1.807, 2.05) is 0 Å². The molecule has 1 N–H and O–H groups in total. The lowest BCUT2D eigenvalue weighted by atomic mass is 10.2. The predicted molar refractivity (Wildman–Crippen MR) is 53.4 cm³/mol. The van der Waals surface area contributed by atoms with Crippen molar-refractivity contribution in [3.8, 4) is 11.4 Å². The van der Waals surface area contributed by atoms with Gasteiger partial charge < -0.3 is 0 Å². The van der Waals surface area contributed by atoms with Crippen LogP contribution in [0, 0.1) is 15.9 Å². The number of hydrogen-bond acceptors (Lipinski definition) is 4. The molecule has 0 aromatic carbocycles. The van der Waals surface area contributed by atoms with E-state index in [2.05, 4.69) is 15.2 Å². The summed E-state index contributed by atoms with van der Waals surface area (Å²) < 4.78 is 50.8. The molecule has 0 amide bonds. The van der Waals surface area contributed by atoms with Crippen LogP contribution in [-0.2, 0) is 6.18 Å². The topological polar surface area (TPSA) is 84.7 Å². The highest BCUT2D eigenvalue weighted by Gasteiger charge is 2.34. The summed E-state index contributed by atoms with van der Waals surface area (Å²) in [7, 11) is 0. The van der Waals surface area contributed by atoms with Gasteiger partial charge in [0.25, 0.3) is 0 Å². The number of halogens is 4. The molecule has 0 aliphatic carbocycles. The van der Waals surface area contributed by atoms with E-state index in [0.29, 0.717) is 12.1 Å². The zero-order valence-corrected chi connectivity index (χ0v) is 8.90. The van der Waals surface area contributed by atoms with Crippen LogP contribution in [-0.4, -0.2) is 20.1 Å². The number of aromatic nitrogens is 3. The number of nitrogens with zero attached hydrogens (tertiary/aromatic N) is 3. The maximum absolute atomic E-state index is 13.5. The number of alkyl halides is 3. The van der Waals surface area contributed by atoms with Gasteiger partial charge in [0.2, 0.25) is 0 Å². The van der Waals surface area contributed by atoms with Crippen LogP contribution in [0.25, 0.3) is 11.4 Å². The number of rotatable bonds is 2. The van der Waals surface area contributed by atoms with Gasteiger partial charge in [-0.2, -0.15) is 18.3 Å². The fourth-order valence-corrected chi connectivity index (χ4v) is 1.37. The standard InChI is InChI=1S/C9H4F4N4O2/c10-4-1-2-6(9(11,12)13)15-7(4)8-5(17(18)19)3-14-16-8/h1-3H,(H,14,16). The number of hydrogen-bond donors (Lipinski definition) is 1. The molecule has 2 aromatic rings. The van der Waals surface area contributed by atoms with E-state index in [4.69, 9.17) is 0 Å². The summed E-state index contributed by atoms with van der Waals surface area (Å²) in [4.78, 5) is 12.8. The molecule has 0 radical (unpaired) electrons. The van der Waals surface area contributed by atoms with Crippen molar-refractivity contribution in [1.82, 2.24) is 15.2 Å². The highest BCUT2D eigenvalue weighted by molar-refractivity contribution is 5.66. The molecule has 0 aliphatic heterocycles. The highest BCUT2D eigenvalue weighted by Crippen LogP contribution is 2.32. The van der Waals surface area contributed by atoms with Gasteiger partial charge in [-0.05, 0) is 12.1 Å². The summed E-state index contributed by atoms with van der Waals surface area (Å²) in [6.07, 6.45) is -4.02. The van der Waals surface area contributed by atoms with Crippen LogP contribution in [0.3, 0.4) is 0 Å². The van der Waals surface area contributed by atoms with Gasteiger partial charge in [-0.25, -0.2) is 9.37 Å². The Labute approximate surface area is 102 Å². The molecule has 2 rings (SSSR count). The van der Waals surface area contributed by atoms with Crippen LogP contribution in [0.1, 0.15) is 5.69 Å². The van der Waals surface area contributed by atoms with Gasteiger partial charge in [-0.15, -0.1) is 0 Å². The monoisotopic (exact) mass is 276 g/mol. The van der Waals surface area contributed by atoms with Crippen LogP contribution in [0.5, 0.6) is 0 Å². The summed E-state index contributed by atoms with van der Waals surface area (Å²) in [6.45, 7) is 0. The second kappa shape index (κ2) is 4.30.